The number of nitrogens with zero attached hydrogens (tertiary/aromatic N) is 3. The van der Waals surface area contributed by atoms with Gasteiger partial charge in [-0.05, 0) is 61.5 Å². The number of hydrogen-bond donors (Lipinski definition) is 1. The van der Waals surface area contributed by atoms with E-state index in [1.54, 1.807) is 6.08 Å². The fourth-order valence-electron chi connectivity index (χ4n) is 4.15. The molecule has 184 valence electrons. The van der Waals surface area contributed by atoms with Gasteiger partial charge in [-0.2, -0.15) is 0 Å². The molecule has 0 bridgehead atoms. The molecule has 1 N–H and O–H groups in total. The number of amides is 3. The lowest BCUT2D eigenvalue weighted by atomic mass is 10.1. The molecule has 2 aromatic carbocycles. The number of rotatable bonds is 8. The maximum atomic E-state index is 12.9. The Morgan fingerprint density at radius 3 is 2.43 bits per heavy atom. The molecule has 0 aromatic heterocycles. The van der Waals surface area contributed by atoms with Gasteiger partial charge in [0.1, 0.15) is 6.54 Å². The van der Waals surface area contributed by atoms with Crippen LogP contribution in [0.25, 0.3) is 6.08 Å². The van der Waals surface area contributed by atoms with Crippen molar-refractivity contribution in [1.29, 1.82) is 0 Å². The molecule has 3 amide bonds. The van der Waals surface area contributed by atoms with Crippen molar-refractivity contribution in [2.24, 2.45) is 0 Å². The Kier molecular flexibility index (Phi) is 8.09. The van der Waals surface area contributed by atoms with Gasteiger partial charge in [-0.1, -0.05) is 24.3 Å². The van der Waals surface area contributed by atoms with Gasteiger partial charge in [0.25, 0.3) is 11.1 Å². The molecule has 0 unspecified atom stereocenters. The van der Waals surface area contributed by atoms with Crippen LogP contribution in [0.5, 0.6) is 0 Å². The Labute approximate surface area is 209 Å². The molecule has 2 heterocycles. The Morgan fingerprint density at radius 1 is 1.06 bits per heavy atom. The van der Waals surface area contributed by atoms with Gasteiger partial charge in [0.15, 0.2) is 0 Å². The molecule has 0 aliphatic carbocycles. The number of morpholine rings is 1. The topological polar surface area (TPSA) is 82.2 Å². The molecule has 2 aliphatic heterocycles. The average Bonchev–Trinajstić information content (AvgIpc) is 3.14. The Morgan fingerprint density at radius 2 is 1.74 bits per heavy atom. The third-order valence-corrected chi connectivity index (χ3v) is 6.93. The first kappa shape index (κ1) is 24.8. The highest BCUT2D eigenvalue weighted by Gasteiger charge is 2.36. The maximum absolute atomic E-state index is 12.9. The van der Waals surface area contributed by atoms with Crippen LogP contribution < -0.4 is 15.1 Å². The second-order valence-electron chi connectivity index (χ2n) is 8.20. The fourth-order valence-corrected chi connectivity index (χ4v) is 4.99. The lowest BCUT2D eigenvalue weighted by molar-refractivity contribution is -0.127. The van der Waals surface area contributed by atoms with E-state index in [0.717, 1.165) is 59.8 Å². The minimum atomic E-state index is -0.454. The molecule has 2 fully saturated rings. The quantitative estimate of drug-likeness (QED) is 0.555. The lowest BCUT2D eigenvalue weighted by Gasteiger charge is -2.30. The van der Waals surface area contributed by atoms with Crippen LogP contribution in [0, 0.1) is 0 Å². The Hall–Kier alpha value is -3.30. The first-order valence-corrected chi connectivity index (χ1v) is 12.6. The molecule has 0 saturated carbocycles. The molecule has 4 rings (SSSR count). The van der Waals surface area contributed by atoms with Crippen molar-refractivity contribution >= 4 is 52.0 Å². The first-order chi connectivity index (χ1) is 17.0. The third kappa shape index (κ3) is 5.86. The van der Waals surface area contributed by atoms with Gasteiger partial charge < -0.3 is 19.9 Å². The Bertz CT molecular complexity index is 1110. The molecule has 2 saturated heterocycles. The van der Waals surface area contributed by atoms with Crippen molar-refractivity contribution in [3.63, 3.8) is 0 Å². The molecule has 35 heavy (non-hydrogen) atoms. The summed E-state index contributed by atoms with van der Waals surface area (Å²) in [5.74, 6) is -0.873. The highest BCUT2D eigenvalue weighted by Crippen LogP contribution is 2.33. The number of thioether (sulfide) groups is 1. The summed E-state index contributed by atoms with van der Waals surface area (Å²) in [6.07, 6.45) is 1.70. The van der Waals surface area contributed by atoms with E-state index in [9.17, 15) is 14.4 Å². The van der Waals surface area contributed by atoms with E-state index < -0.39 is 17.1 Å². The average molecular weight is 495 g/mol. The summed E-state index contributed by atoms with van der Waals surface area (Å²) in [6, 6.07) is 15.4. The van der Waals surface area contributed by atoms with Gasteiger partial charge in [0.2, 0.25) is 5.91 Å². The molecule has 2 aliphatic rings. The molecular weight excluding hydrogens is 464 g/mol. The maximum Gasteiger partial charge on any atom is 0.294 e. The van der Waals surface area contributed by atoms with Crippen LogP contribution in [0.15, 0.2) is 53.4 Å². The zero-order valence-electron chi connectivity index (χ0n) is 20.0. The molecule has 8 nitrogen and oxygen atoms in total. The van der Waals surface area contributed by atoms with Crippen LogP contribution >= 0.6 is 11.8 Å². The van der Waals surface area contributed by atoms with Gasteiger partial charge in [-0.3, -0.25) is 19.3 Å². The summed E-state index contributed by atoms with van der Waals surface area (Å²) in [5.41, 5.74) is 3.48. The predicted octanol–water partition coefficient (Wildman–Crippen LogP) is 4.04. The number of benzene rings is 2. The summed E-state index contributed by atoms with van der Waals surface area (Å²) in [6.45, 7) is 8.41. The van der Waals surface area contributed by atoms with Crippen LogP contribution in [0.3, 0.4) is 0 Å². The smallest absolute Gasteiger partial charge is 0.294 e. The predicted molar refractivity (Wildman–Crippen MR) is 141 cm³/mol. The highest BCUT2D eigenvalue weighted by atomic mass is 32.2. The molecule has 0 spiro atoms. The van der Waals surface area contributed by atoms with Gasteiger partial charge in [-0.15, -0.1) is 0 Å². The van der Waals surface area contributed by atoms with Gasteiger partial charge >= 0.3 is 0 Å². The second-order valence-corrected chi connectivity index (χ2v) is 9.19. The van der Waals surface area contributed by atoms with E-state index in [2.05, 4.69) is 29.0 Å². The van der Waals surface area contributed by atoms with E-state index >= 15 is 0 Å². The highest BCUT2D eigenvalue weighted by molar-refractivity contribution is 8.18. The van der Waals surface area contributed by atoms with Gasteiger partial charge in [0.05, 0.1) is 29.5 Å². The van der Waals surface area contributed by atoms with Crippen molar-refractivity contribution in [3.05, 3.63) is 59.0 Å². The SMILES string of the molecule is CCN(CC)c1ccc(/C=C2/SC(=O)N(CC(=O)Nc3ccccc3N3CCOCC3)C2=O)cc1. The van der Waals surface area contributed by atoms with Crippen molar-refractivity contribution < 1.29 is 19.1 Å². The molecule has 0 radical (unpaired) electrons. The third-order valence-electron chi connectivity index (χ3n) is 6.02. The van der Waals surface area contributed by atoms with Crippen LogP contribution in [-0.4, -0.2) is 67.9 Å². The molecule has 9 heteroatoms. The first-order valence-electron chi connectivity index (χ1n) is 11.8. The van der Waals surface area contributed by atoms with Crippen molar-refractivity contribution in [2.75, 3.05) is 61.1 Å². The normalized spacial score (nSPS) is 17.3. The van der Waals surface area contributed by atoms with Crippen LogP contribution in [0.2, 0.25) is 0 Å². The van der Waals surface area contributed by atoms with E-state index in [1.807, 2.05) is 48.5 Å². The summed E-state index contributed by atoms with van der Waals surface area (Å²) in [5, 5.41) is 2.42. The van der Waals surface area contributed by atoms with Gasteiger partial charge in [0, 0.05) is 31.9 Å². The summed E-state index contributed by atoms with van der Waals surface area (Å²) in [4.78, 5) is 43.9. The standard InChI is InChI=1S/C26H30N4O4S/c1-3-28(4-2)20-11-9-19(10-12-20)17-23-25(32)30(26(33)35-23)18-24(31)27-21-7-5-6-8-22(21)29-13-15-34-16-14-29/h5-12,17H,3-4,13-16,18H2,1-2H3,(H,27,31)/b23-17+. The number of hydrogen-bond acceptors (Lipinski definition) is 7. The van der Waals surface area contributed by atoms with Crippen molar-refractivity contribution in [3.8, 4) is 0 Å². The van der Waals surface area contributed by atoms with Crippen LogP contribution in [0.1, 0.15) is 19.4 Å². The number of carbonyl (C=O) groups excluding carboxylic acids is 3. The fraction of sp³-hybridized carbons (Fsp3) is 0.346. The number of nitrogens with one attached hydrogen (secondary N) is 1. The number of imide groups is 1. The van der Waals surface area contributed by atoms with Crippen LogP contribution in [-0.2, 0) is 14.3 Å². The monoisotopic (exact) mass is 494 g/mol. The number of anilines is 3. The van der Waals surface area contributed by atoms with E-state index in [-0.39, 0.29) is 6.54 Å². The largest absolute Gasteiger partial charge is 0.378 e. The van der Waals surface area contributed by atoms with Gasteiger partial charge in [-0.25, -0.2) is 0 Å². The van der Waals surface area contributed by atoms with E-state index in [0.29, 0.717) is 23.8 Å². The molecular formula is C26H30N4O4S. The summed E-state index contributed by atoms with van der Waals surface area (Å²) < 4.78 is 5.41. The molecule has 0 atom stereocenters. The lowest BCUT2D eigenvalue weighted by Crippen LogP contribution is -2.38. The minimum absolute atomic E-state index is 0.312. The number of ether oxygens (including phenoxy) is 1. The van der Waals surface area contributed by atoms with Crippen molar-refractivity contribution in [1.82, 2.24) is 4.90 Å². The minimum Gasteiger partial charge on any atom is -0.378 e. The molecule has 2 aromatic rings. The summed E-state index contributed by atoms with van der Waals surface area (Å²) in [7, 11) is 0. The zero-order valence-corrected chi connectivity index (χ0v) is 20.8. The second kappa shape index (κ2) is 11.4. The van der Waals surface area contributed by atoms with Crippen molar-refractivity contribution in [2.45, 2.75) is 13.8 Å². The van der Waals surface area contributed by atoms with E-state index in [1.165, 1.54) is 0 Å². The van der Waals surface area contributed by atoms with E-state index in [4.69, 9.17) is 4.74 Å². The Balaban J connectivity index is 1.41. The summed E-state index contributed by atoms with van der Waals surface area (Å²) >= 11 is 0.856. The van der Waals surface area contributed by atoms with Crippen LogP contribution in [0.4, 0.5) is 21.9 Å². The number of carbonyl (C=O) groups is 3. The number of para-hydroxylation sites is 2. The zero-order chi connectivity index (χ0) is 24.8.